The van der Waals surface area contributed by atoms with Crippen LogP contribution in [0, 0.1) is 17.8 Å². The molecule has 3 radical (unpaired) electrons. The Morgan fingerprint density at radius 1 is 1.10 bits per heavy atom. The Balaban J connectivity index is 0.00000147. The zero-order chi connectivity index (χ0) is 13.7. The highest BCUT2D eigenvalue weighted by molar-refractivity contribution is 7.86. The first-order valence-corrected chi connectivity index (χ1v) is 11.2. The summed E-state index contributed by atoms with van der Waals surface area (Å²) < 4.78 is 27.0. The van der Waals surface area contributed by atoms with Crippen LogP contribution in [-0.2, 0) is 14.3 Å². The van der Waals surface area contributed by atoms with Crippen molar-refractivity contribution in [1.29, 1.82) is 0 Å². The third-order valence-electron chi connectivity index (χ3n) is 5.54. The van der Waals surface area contributed by atoms with Gasteiger partial charge in [0.15, 0.2) is 0 Å². The first kappa shape index (κ1) is 16.8. The van der Waals surface area contributed by atoms with Crippen molar-refractivity contribution >= 4 is 26.5 Å². The highest BCUT2D eigenvalue weighted by Gasteiger charge is 2.52. The van der Waals surface area contributed by atoms with E-state index in [1.54, 1.807) is 0 Å². The summed E-state index contributed by atoms with van der Waals surface area (Å²) in [6.45, 7) is 2.77. The number of rotatable bonds is 5. The monoisotopic (exact) mass is 315 g/mol. The van der Waals surface area contributed by atoms with Gasteiger partial charge in [0, 0.05) is 8.41 Å². The quantitative estimate of drug-likeness (QED) is 0.445. The van der Waals surface area contributed by atoms with Crippen molar-refractivity contribution in [1.82, 2.24) is 0 Å². The first-order valence-electron chi connectivity index (χ1n) is 7.42. The molecule has 4 aliphatic carbocycles. The average Bonchev–Trinajstić information content (AvgIpc) is 2.25. The van der Waals surface area contributed by atoms with E-state index >= 15 is 0 Å². The molecule has 0 heterocycles. The molecule has 0 spiro atoms. The first-order chi connectivity index (χ1) is 8.86. The molecular weight excluding hydrogens is 290 g/mol. The van der Waals surface area contributed by atoms with Crippen molar-refractivity contribution in [2.45, 2.75) is 43.7 Å². The molecule has 3 nitrogen and oxygen atoms in total. The number of hydrogen-bond acceptors (Lipinski definition) is 3. The molecule has 0 N–H and O–H groups in total. The van der Waals surface area contributed by atoms with Crippen molar-refractivity contribution in [3.05, 3.63) is 0 Å². The fourth-order valence-corrected chi connectivity index (χ4v) is 8.15. The highest BCUT2D eigenvalue weighted by Crippen LogP contribution is 2.67. The minimum atomic E-state index is -3.27. The molecule has 0 aliphatic heterocycles. The maximum atomic E-state index is 11.0. The summed E-state index contributed by atoms with van der Waals surface area (Å²) in [5.41, 5.74) is 0. The molecule has 113 valence electrons. The zero-order valence-electron chi connectivity index (χ0n) is 12.5. The van der Waals surface area contributed by atoms with Gasteiger partial charge in [-0.05, 0) is 74.3 Å². The Morgan fingerprint density at radius 2 is 1.55 bits per heavy atom. The Hall–Kier alpha value is 0.405. The fourth-order valence-electron chi connectivity index (χ4n) is 5.10. The van der Waals surface area contributed by atoms with E-state index in [1.807, 2.05) is 0 Å². The molecule has 0 saturated heterocycles. The van der Waals surface area contributed by atoms with Crippen molar-refractivity contribution in [3.63, 3.8) is 0 Å². The second-order valence-electron chi connectivity index (χ2n) is 7.09. The standard InChI is InChI=1S/C14H25O3PS.B/c1-18(4-3-17-19(2,15)16)14-8-11-5-12(9-14)7-13(6-11)10-14;/h11-13H,3-10H2,1-2H3;/t11?,12?,13?,14?,18-;/m0./s1. The Bertz CT molecular complexity index is 416. The third kappa shape index (κ3) is 3.42. The maximum Gasteiger partial charge on any atom is 0.264 e. The minimum Gasteiger partial charge on any atom is -0.270 e. The second kappa shape index (κ2) is 5.89. The molecule has 4 rings (SSSR count). The van der Waals surface area contributed by atoms with Crippen LogP contribution >= 0.6 is 7.92 Å². The SMILES string of the molecule is C[P@@](CCOS(C)(=O)=O)C12CC3CC(CC(C3)C1)C2.[B]. The van der Waals surface area contributed by atoms with Crippen molar-refractivity contribution in [2.24, 2.45) is 17.8 Å². The van der Waals surface area contributed by atoms with E-state index in [9.17, 15) is 8.42 Å². The smallest absolute Gasteiger partial charge is 0.264 e. The lowest BCUT2D eigenvalue weighted by molar-refractivity contribution is 0.0356. The second-order valence-corrected chi connectivity index (χ2v) is 11.5. The molecular formula is C14H25BO3PS. The molecule has 0 aromatic heterocycles. The minimum absolute atomic E-state index is 0. The summed E-state index contributed by atoms with van der Waals surface area (Å²) in [5.74, 6) is 2.94. The fraction of sp³-hybridized carbons (Fsp3) is 1.00. The zero-order valence-corrected chi connectivity index (χ0v) is 14.3. The normalized spacial score (nSPS) is 40.4. The number of hydrogen-bond donors (Lipinski definition) is 0. The third-order valence-corrected chi connectivity index (χ3v) is 9.16. The van der Waals surface area contributed by atoms with Crippen LogP contribution in [0.1, 0.15) is 38.5 Å². The topological polar surface area (TPSA) is 43.4 Å². The molecule has 0 aromatic carbocycles. The van der Waals surface area contributed by atoms with Gasteiger partial charge in [0.25, 0.3) is 10.1 Å². The molecule has 0 aromatic rings. The molecule has 4 fully saturated rings. The van der Waals surface area contributed by atoms with Crippen LogP contribution in [0.25, 0.3) is 0 Å². The van der Waals surface area contributed by atoms with E-state index < -0.39 is 10.1 Å². The summed E-state index contributed by atoms with van der Waals surface area (Å²) in [5, 5.41) is 0.574. The average molecular weight is 315 g/mol. The summed E-state index contributed by atoms with van der Waals surface area (Å²) in [4.78, 5) is 0. The lowest BCUT2D eigenvalue weighted by Gasteiger charge is -2.59. The maximum absolute atomic E-state index is 11.0. The van der Waals surface area contributed by atoms with Gasteiger partial charge in [-0.3, -0.25) is 4.18 Å². The Morgan fingerprint density at radius 3 is 1.95 bits per heavy atom. The van der Waals surface area contributed by atoms with Crippen molar-refractivity contribution in [2.75, 3.05) is 25.7 Å². The van der Waals surface area contributed by atoms with Crippen LogP contribution < -0.4 is 0 Å². The van der Waals surface area contributed by atoms with Gasteiger partial charge in [0.05, 0.1) is 12.9 Å². The van der Waals surface area contributed by atoms with Crippen LogP contribution in [0.4, 0.5) is 0 Å². The van der Waals surface area contributed by atoms with E-state index in [1.165, 1.54) is 38.5 Å². The van der Waals surface area contributed by atoms with E-state index in [0.29, 0.717) is 11.8 Å². The lowest BCUT2D eigenvalue weighted by atomic mass is 9.56. The van der Waals surface area contributed by atoms with Gasteiger partial charge in [0.1, 0.15) is 0 Å². The molecule has 0 amide bonds. The Kier molecular flexibility index (Phi) is 4.94. The van der Waals surface area contributed by atoms with E-state index in [2.05, 4.69) is 6.66 Å². The van der Waals surface area contributed by atoms with Gasteiger partial charge in [-0.1, -0.05) is 0 Å². The van der Waals surface area contributed by atoms with Crippen LogP contribution in [-0.4, -0.2) is 47.7 Å². The van der Waals surface area contributed by atoms with Crippen molar-refractivity contribution < 1.29 is 12.6 Å². The summed E-state index contributed by atoms with van der Waals surface area (Å²) >= 11 is 0. The van der Waals surface area contributed by atoms with Gasteiger partial charge in [-0.15, -0.1) is 7.92 Å². The van der Waals surface area contributed by atoms with Gasteiger partial charge >= 0.3 is 0 Å². The van der Waals surface area contributed by atoms with Crippen LogP contribution in [0.3, 0.4) is 0 Å². The van der Waals surface area contributed by atoms with E-state index in [0.717, 1.165) is 30.2 Å². The van der Waals surface area contributed by atoms with Gasteiger partial charge in [-0.25, -0.2) is 0 Å². The molecule has 6 heteroatoms. The molecule has 20 heavy (non-hydrogen) atoms. The Labute approximate surface area is 126 Å². The van der Waals surface area contributed by atoms with E-state index in [-0.39, 0.29) is 16.3 Å². The summed E-state index contributed by atoms with van der Waals surface area (Å²) in [6.07, 6.45) is 10.8. The summed E-state index contributed by atoms with van der Waals surface area (Å²) in [6, 6.07) is 0. The van der Waals surface area contributed by atoms with Crippen LogP contribution in [0.15, 0.2) is 0 Å². The predicted octanol–water partition coefficient (Wildman–Crippen LogP) is 2.66. The van der Waals surface area contributed by atoms with Gasteiger partial charge < -0.3 is 0 Å². The van der Waals surface area contributed by atoms with Gasteiger partial charge in [-0.2, -0.15) is 8.42 Å². The predicted molar refractivity (Wildman–Crippen MR) is 85.2 cm³/mol. The van der Waals surface area contributed by atoms with Gasteiger partial charge in [0.2, 0.25) is 0 Å². The van der Waals surface area contributed by atoms with E-state index in [4.69, 9.17) is 4.18 Å². The van der Waals surface area contributed by atoms with Crippen LogP contribution in [0.5, 0.6) is 0 Å². The summed E-state index contributed by atoms with van der Waals surface area (Å²) in [7, 11) is -3.36. The molecule has 4 bridgehead atoms. The van der Waals surface area contributed by atoms with Crippen LogP contribution in [0.2, 0.25) is 0 Å². The molecule has 4 saturated carbocycles. The molecule has 0 unspecified atom stereocenters. The lowest BCUT2D eigenvalue weighted by Crippen LogP contribution is -2.49. The molecule has 4 aliphatic rings. The molecule has 1 atom stereocenters. The highest BCUT2D eigenvalue weighted by atomic mass is 32.2. The largest absolute Gasteiger partial charge is 0.270 e. The van der Waals surface area contributed by atoms with Crippen molar-refractivity contribution in [3.8, 4) is 0 Å².